The standard InChI is InChI=1S/C22H33N3O4S/c1-5-13-23-30(27,28)15-22-12-11-17(21(22,3)4)14-19(22)25-29-20(26)24-18-9-7-16(6-2)8-10-18/h7-10,17,23H,5-6,11-15H2,1-4H3,(H,24,26)/b25-19+. The van der Waals surface area contributed by atoms with Gasteiger partial charge in [-0.3, -0.25) is 10.2 Å². The molecule has 1 amide bonds. The summed E-state index contributed by atoms with van der Waals surface area (Å²) < 4.78 is 28.1. The zero-order chi connectivity index (χ0) is 22.0. The molecule has 2 atom stereocenters. The summed E-state index contributed by atoms with van der Waals surface area (Å²) in [5.41, 5.74) is 1.66. The van der Waals surface area contributed by atoms with Gasteiger partial charge in [0.1, 0.15) is 0 Å². The van der Waals surface area contributed by atoms with Crippen LogP contribution in [0.25, 0.3) is 0 Å². The van der Waals surface area contributed by atoms with Gasteiger partial charge in [0.05, 0.1) is 11.5 Å². The number of sulfonamides is 1. The van der Waals surface area contributed by atoms with Crippen molar-refractivity contribution in [2.75, 3.05) is 17.6 Å². The lowest BCUT2D eigenvalue weighted by Gasteiger charge is -2.37. The monoisotopic (exact) mass is 435 g/mol. The Kier molecular flexibility index (Phi) is 6.57. The molecule has 2 saturated carbocycles. The highest BCUT2D eigenvalue weighted by Gasteiger charge is 2.64. The largest absolute Gasteiger partial charge is 0.437 e. The number of amides is 1. The Bertz CT molecular complexity index is 909. The fraction of sp³-hybridized carbons (Fsp3) is 0.636. The van der Waals surface area contributed by atoms with Gasteiger partial charge in [-0.15, -0.1) is 0 Å². The third kappa shape index (κ3) is 4.39. The van der Waals surface area contributed by atoms with Crippen molar-refractivity contribution in [2.24, 2.45) is 21.9 Å². The second-order valence-electron chi connectivity index (χ2n) is 8.99. The van der Waals surface area contributed by atoms with Crippen molar-refractivity contribution in [2.45, 2.75) is 59.8 Å². The molecule has 2 aliphatic carbocycles. The summed E-state index contributed by atoms with van der Waals surface area (Å²) in [6.07, 6.45) is 3.35. The minimum Gasteiger partial charge on any atom is -0.298 e. The molecule has 2 fully saturated rings. The molecule has 7 nitrogen and oxygen atoms in total. The van der Waals surface area contributed by atoms with Crippen molar-refractivity contribution in [3.05, 3.63) is 29.8 Å². The molecule has 8 heteroatoms. The van der Waals surface area contributed by atoms with Crippen LogP contribution in [0.4, 0.5) is 10.5 Å². The first-order chi connectivity index (χ1) is 14.1. The lowest BCUT2D eigenvalue weighted by atomic mass is 9.70. The Morgan fingerprint density at radius 2 is 1.93 bits per heavy atom. The smallest absolute Gasteiger partial charge is 0.298 e. The highest BCUT2D eigenvalue weighted by Crippen LogP contribution is 2.64. The quantitative estimate of drug-likeness (QED) is 0.470. The molecular formula is C22H33N3O4S. The van der Waals surface area contributed by atoms with Crippen LogP contribution in [0.1, 0.15) is 58.9 Å². The SMILES string of the molecule is CCCNS(=O)(=O)CC12CCC(C/C1=N\OC(=O)Nc1ccc(CC)cc1)C2(C)C. The van der Waals surface area contributed by atoms with Crippen molar-refractivity contribution < 1.29 is 18.0 Å². The minimum absolute atomic E-state index is 0.0220. The first-order valence-corrected chi connectivity index (χ1v) is 12.4. The number of nitrogens with one attached hydrogen (secondary N) is 2. The van der Waals surface area contributed by atoms with Crippen LogP contribution in [0, 0.1) is 16.7 Å². The average molecular weight is 436 g/mol. The van der Waals surface area contributed by atoms with Gasteiger partial charge in [0.15, 0.2) is 0 Å². The first-order valence-electron chi connectivity index (χ1n) is 10.7. The molecule has 2 unspecified atom stereocenters. The molecule has 0 spiro atoms. The molecule has 0 heterocycles. The van der Waals surface area contributed by atoms with Gasteiger partial charge in [0.25, 0.3) is 0 Å². The van der Waals surface area contributed by atoms with E-state index in [9.17, 15) is 13.2 Å². The van der Waals surface area contributed by atoms with E-state index in [0.717, 1.165) is 25.7 Å². The number of carbonyl (C=O) groups is 1. The zero-order valence-electron chi connectivity index (χ0n) is 18.3. The summed E-state index contributed by atoms with van der Waals surface area (Å²) in [5.74, 6) is 0.317. The van der Waals surface area contributed by atoms with Crippen LogP contribution >= 0.6 is 0 Å². The summed E-state index contributed by atoms with van der Waals surface area (Å²) in [6.45, 7) is 8.64. The number of hydrogen-bond acceptors (Lipinski definition) is 5. The first kappa shape index (κ1) is 22.7. The van der Waals surface area contributed by atoms with Gasteiger partial charge in [0, 0.05) is 17.6 Å². The van der Waals surface area contributed by atoms with Gasteiger partial charge in [-0.05, 0) is 61.1 Å². The highest BCUT2D eigenvalue weighted by molar-refractivity contribution is 7.89. The summed E-state index contributed by atoms with van der Waals surface area (Å²) in [5, 5.41) is 6.85. The van der Waals surface area contributed by atoms with Crippen molar-refractivity contribution in [3.8, 4) is 0 Å². The molecule has 2 aliphatic rings. The Labute approximate surface area is 179 Å². The number of carbonyl (C=O) groups excluding carboxylic acids is 1. The van der Waals surface area contributed by atoms with E-state index in [-0.39, 0.29) is 11.2 Å². The van der Waals surface area contributed by atoms with Crippen LogP contribution in [0.2, 0.25) is 0 Å². The van der Waals surface area contributed by atoms with Crippen LogP contribution in [0.15, 0.2) is 29.4 Å². The van der Waals surface area contributed by atoms with E-state index in [1.165, 1.54) is 5.56 Å². The molecule has 1 aromatic rings. The van der Waals surface area contributed by atoms with Crippen LogP contribution in [-0.2, 0) is 21.3 Å². The molecular weight excluding hydrogens is 402 g/mol. The fourth-order valence-corrected chi connectivity index (χ4v) is 6.91. The van der Waals surface area contributed by atoms with Crippen molar-refractivity contribution in [1.29, 1.82) is 0 Å². The van der Waals surface area contributed by atoms with Crippen molar-refractivity contribution in [1.82, 2.24) is 4.72 Å². The maximum absolute atomic E-state index is 12.7. The van der Waals surface area contributed by atoms with Gasteiger partial charge < -0.3 is 0 Å². The summed E-state index contributed by atoms with van der Waals surface area (Å²) in [6, 6.07) is 7.54. The highest BCUT2D eigenvalue weighted by atomic mass is 32.2. The molecule has 0 aromatic heterocycles. The lowest BCUT2D eigenvalue weighted by Crippen LogP contribution is -2.45. The van der Waals surface area contributed by atoms with Crippen LogP contribution < -0.4 is 10.0 Å². The molecule has 30 heavy (non-hydrogen) atoms. The Morgan fingerprint density at radius 1 is 1.23 bits per heavy atom. The van der Waals surface area contributed by atoms with E-state index in [4.69, 9.17) is 4.84 Å². The van der Waals surface area contributed by atoms with E-state index in [1.807, 2.05) is 31.2 Å². The number of oxime groups is 1. The number of nitrogens with zero attached hydrogens (tertiary/aromatic N) is 1. The average Bonchev–Trinajstić information content (AvgIpc) is 3.06. The second-order valence-corrected chi connectivity index (χ2v) is 10.8. The van der Waals surface area contributed by atoms with E-state index in [0.29, 0.717) is 30.3 Å². The molecule has 2 bridgehead atoms. The van der Waals surface area contributed by atoms with Crippen LogP contribution in [0.3, 0.4) is 0 Å². The number of aryl methyl sites for hydroxylation is 1. The predicted octanol–water partition coefficient (Wildman–Crippen LogP) is 4.31. The number of benzene rings is 1. The maximum Gasteiger partial charge on any atom is 0.437 e. The molecule has 2 N–H and O–H groups in total. The van der Waals surface area contributed by atoms with Gasteiger partial charge in [-0.2, -0.15) is 0 Å². The summed E-state index contributed by atoms with van der Waals surface area (Å²) >= 11 is 0. The van der Waals surface area contributed by atoms with Gasteiger partial charge in [0.2, 0.25) is 10.0 Å². The second kappa shape index (κ2) is 8.67. The molecule has 0 saturated heterocycles. The maximum atomic E-state index is 12.7. The van der Waals surface area contributed by atoms with E-state index in [2.05, 4.69) is 36.0 Å². The summed E-state index contributed by atoms with van der Waals surface area (Å²) in [7, 11) is -3.46. The van der Waals surface area contributed by atoms with Gasteiger partial charge >= 0.3 is 6.09 Å². The Balaban J connectivity index is 1.74. The van der Waals surface area contributed by atoms with Gasteiger partial charge in [-0.25, -0.2) is 17.9 Å². The van der Waals surface area contributed by atoms with Crippen molar-refractivity contribution >= 4 is 27.5 Å². The molecule has 3 rings (SSSR count). The third-order valence-electron chi connectivity index (χ3n) is 7.02. The molecule has 0 radical (unpaired) electrons. The summed E-state index contributed by atoms with van der Waals surface area (Å²) in [4.78, 5) is 17.4. The fourth-order valence-electron chi connectivity index (χ4n) is 4.96. The third-order valence-corrected chi connectivity index (χ3v) is 8.54. The van der Waals surface area contributed by atoms with Crippen LogP contribution in [0.5, 0.6) is 0 Å². The van der Waals surface area contributed by atoms with Crippen molar-refractivity contribution in [3.63, 3.8) is 0 Å². The zero-order valence-corrected chi connectivity index (χ0v) is 19.1. The normalized spacial score (nSPS) is 26.1. The van der Waals surface area contributed by atoms with Crippen LogP contribution in [-0.4, -0.2) is 32.5 Å². The topological polar surface area (TPSA) is 96.9 Å². The van der Waals surface area contributed by atoms with E-state index < -0.39 is 21.5 Å². The minimum atomic E-state index is -3.46. The number of hydrogen-bond donors (Lipinski definition) is 2. The molecule has 166 valence electrons. The predicted molar refractivity (Wildman–Crippen MR) is 119 cm³/mol. The van der Waals surface area contributed by atoms with E-state index >= 15 is 0 Å². The van der Waals surface area contributed by atoms with Gasteiger partial charge in [-0.1, -0.05) is 45.0 Å². The number of rotatable bonds is 8. The molecule has 1 aromatic carbocycles. The Morgan fingerprint density at radius 3 is 2.53 bits per heavy atom. The Hall–Kier alpha value is -1.93. The lowest BCUT2D eigenvalue weighted by molar-refractivity contribution is 0.160. The number of anilines is 1. The van der Waals surface area contributed by atoms with E-state index in [1.54, 1.807) is 0 Å². The number of fused-ring (bicyclic) bond motifs is 2. The molecule has 0 aliphatic heterocycles.